The maximum Gasteiger partial charge on any atom is 0.293 e. The van der Waals surface area contributed by atoms with Crippen LogP contribution in [-0.4, -0.2) is 105 Å². The van der Waals surface area contributed by atoms with E-state index in [0.717, 1.165) is 0 Å². The molecule has 0 aliphatic heterocycles. The summed E-state index contributed by atoms with van der Waals surface area (Å²) in [6.07, 6.45) is -0.465. The number of nitrogens with two attached hydrogens (primary N) is 2. The normalized spacial score (nSPS) is 11.2. The van der Waals surface area contributed by atoms with E-state index < -0.39 is 6.10 Å². The van der Waals surface area contributed by atoms with Gasteiger partial charge in [0.05, 0.1) is 79.3 Å². The van der Waals surface area contributed by atoms with Crippen molar-refractivity contribution < 1.29 is 38.0 Å². The first-order valence-corrected chi connectivity index (χ1v) is 8.80. The van der Waals surface area contributed by atoms with Crippen LogP contribution >= 0.6 is 0 Å². The Labute approximate surface area is 155 Å². The van der Waals surface area contributed by atoms with Gasteiger partial charge in [-0.3, -0.25) is 4.79 Å². The van der Waals surface area contributed by atoms with E-state index in [2.05, 4.69) is 0 Å². The quantitative estimate of drug-likeness (QED) is 0.169. The van der Waals surface area contributed by atoms with E-state index in [1.54, 1.807) is 0 Å². The lowest BCUT2D eigenvalue weighted by Gasteiger charge is -2.16. The van der Waals surface area contributed by atoms with Crippen molar-refractivity contribution in [3.63, 3.8) is 0 Å². The van der Waals surface area contributed by atoms with Gasteiger partial charge < -0.3 is 44.6 Å². The molecule has 156 valence electrons. The summed E-state index contributed by atoms with van der Waals surface area (Å²) in [6, 6.07) is 0. The molecule has 0 unspecified atom stereocenters. The van der Waals surface area contributed by atoms with Gasteiger partial charge in [0, 0.05) is 13.1 Å². The molecule has 0 amide bonds. The van der Waals surface area contributed by atoms with Gasteiger partial charge in [-0.2, -0.15) is 0 Å². The minimum atomic E-state index is -0.465. The highest BCUT2D eigenvalue weighted by atomic mass is 16.6. The second-order valence-electron chi connectivity index (χ2n) is 5.03. The Kier molecular flexibility index (Phi) is 21.5. The molecule has 0 fully saturated rings. The zero-order valence-corrected chi connectivity index (χ0v) is 15.5. The molecular formula is C16H34N2O8. The van der Waals surface area contributed by atoms with E-state index in [1.807, 2.05) is 0 Å². The largest absolute Gasteiger partial charge is 0.460 e. The van der Waals surface area contributed by atoms with E-state index in [4.69, 9.17) is 44.6 Å². The first-order chi connectivity index (χ1) is 12.8. The molecule has 0 aromatic carbocycles. The van der Waals surface area contributed by atoms with Crippen molar-refractivity contribution >= 4 is 6.47 Å². The molecule has 0 aliphatic carbocycles. The second kappa shape index (κ2) is 22.2. The van der Waals surface area contributed by atoms with E-state index in [0.29, 0.717) is 85.6 Å². The summed E-state index contributed by atoms with van der Waals surface area (Å²) in [5.41, 5.74) is 10.6. The number of rotatable bonds is 22. The van der Waals surface area contributed by atoms with Crippen molar-refractivity contribution in [3.8, 4) is 0 Å². The lowest BCUT2D eigenvalue weighted by molar-refractivity contribution is -0.141. The molecule has 0 aromatic heterocycles. The molecule has 4 N–H and O–H groups in total. The minimum absolute atomic E-state index is 0.236. The lowest BCUT2D eigenvalue weighted by atomic mass is 10.4. The molecule has 0 rings (SSSR count). The Morgan fingerprint density at radius 3 is 1.27 bits per heavy atom. The summed E-state index contributed by atoms with van der Waals surface area (Å²) >= 11 is 0. The zero-order valence-electron chi connectivity index (χ0n) is 15.5. The summed E-state index contributed by atoms with van der Waals surface area (Å²) in [6.45, 7) is 6.52. The Bertz CT molecular complexity index is 265. The highest BCUT2D eigenvalue weighted by Crippen LogP contribution is 1.94. The fourth-order valence-electron chi connectivity index (χ4n) is 1.68. The number of hydrogen-bond donors (Lipinski definition) is 2. The van der Waals surface area contributed by atoms with Gasteiger partial charge in [0.15, 0.2) is 0 Å². The maximum absolute atomic E-state index is 10.5. The third-order valence-corrected chi connectivity index (χ3v) is 2.87. The van der Waals surface area contributed by atoms with Crippen molar-refractivity contribution in [2.24, 2.45) is 11.5 Å². The zero-order chi connectivity index (χ0) is 19.1. The van der Waals surface area contributed by atoms with Crippen molar-refractivity contribution in [1.82, 2.24) is 0 Å². The summed E-state index contributed by atoms with van der Waals surface area (Å²) in [7, 11) is 0. The van der Waals surface area contributed by atoms with Crippen LogP contribution in [0.5, 0.6) is 0 Å². The lowest BCUT2D eigenvalue weighted by Crippen LogP contribution is -2.27. The highest BCUT2D eigenvalue weighted by molar-refractivity contribution is 5.37. The van der Waals surface area contributed by atoms with Gasteiger partial charge in [-0.1, -0.05) is 0 Å². The molecule has 0 saturated carbocycles. The van der Waals surface area contributed by atoms with Crippen LogP contribution in [-0.2, 0) is 38.0 Å². The molecule has 0 radical (unpaired) electrons. The van der Waals surface area contributed by atoms with E-state index in [9.17, 15) is 4.79 Å². The first-order valence-electron chi connectivity index (χ1n) is 8.80. The van der Waals surface area contributed by atoms with Crippen LogP contribution in [0.3, 0.4) is 0 Å². The molecule has 0 aromatic rings. The topological polar surface area (TPSA) is 134 Å². The van der Waals surface area contributed by atoms with E-state index >= 15 is 0 Å². The molecule has 0 bridgehead atoms. The van der Waals surface area contributed by atoms with Crippen LogP contribution < -0.4 is 11.5 Å². The van der Waals surface area contributed by atoms with Crippen LogP contribution in [0, 0.1) is 0 Å². The average molecular weight is 382 g/mol. The summed E-state index contributed by atoms with van der Waals surface area (Å²) < 4.78 is 36.7. The third kappa shape index (κ3) is 19.5. The number of carbonyl (C=O) groups excluding carboxylic acids is 1. The van der Waals surface area contributed by atoms with Gasteiger partial charge in [0.1, 0.15) is 6.10 Å². The smallest absolute Gasteiger partial charge is 0.293 e. The summed E-state index contributed by atoms with van der Waals surface area (Å²) in [5, 5.41) is 0. The Hall–Kier alpha value is -0.850. The van der Waals surface area contributed by atoms with Gasteiger partial charge in [-0.25, -0.2) is 0 Å². The average Bonchev–Trinajstić information content (AvgIpc) is 2.65. The Balaban J connectivity index is 3.43. The van der Waals surface area contributed by atoms with Crippen molar-refractivity contribution in [2.45, 2.75) is 6.10 Å². The second-order valence-corrected chi connectivity index (χ2v) is 5.03. The number of ether oxygens (including phenoxy) is 7. The summed E-state index contributed by atoms with van der Waals surface area (Å²) in [4.78, 5) is 10.5. The van der Waals surface area contributed by atoms with Gasteiger partial charge >= 0.3 is 0 Å². The predicted octanol–water partition coefficient (Wildman–Crippen LogP) is -1.45. The fourth-order valence-corrected chi connectivity index (χ4v) is 1.68. The molecule has 0 spiro atoms. The molecule has 0 aliphatic rings. The Morgan fingerprint density at radius 2 is 0.923 bits per heavy atom. The molecule has 10 heteroatoms. The maximum atomic E-state index is 10.5. The van der Waals surface area contributed by atoms with Crippen molar-refractivity contribution in [1.29, 1.82) is 0 Å². The van der Waals surface area contributed by atoms with Gasteiger partial charge in [-0.05, 0) is 0 Å². The van der Waals surface area contributed by atoms with Gasteiger partial charge in [-0.15, -0.1) is 0 Å². The summed E-state index contributed by atoms with van der Waals surface area (Å²) in [5.74, 6) is 0. The monoisotopic (exact) mass is 382 g/mol. The van der Waals surface area contributed by atoms with Crippen LogP contribution in [0.2, 0.25) is 0 Å². The molecule has 0 saturated heterocycles. The Morgan fingerprint density at radius 1 is 0.577 bits per heavy atom. The minimum Gasteiger partial charge on any atom is -0.460 e. The molecular weight excluding hydrogens is 348 g/mol. The van der Waals surface area contributed by atoms with Crippen molar-refractivity contribution in [3.05, 3.63) is 0 Å². The molecule has 0 heterocycles. The predicted molar refractivity (Wildman–Crippen MR) is 94.0 cm³/mol. The molecule has 0 atom stereocenters. The first kappa shape index (κ1) is 25.1. The number of hydrogen-bond acceptors (Lipinski definition) is 10. The third-order valence-electron chi connectivity index (χ3n) is 2.87. The molecule has 26 heavy (non-hydrogen) atoms. The SMILES string of the molecule is NCCOCCOCCOCC(COCCOCCOCCN)OC=O. The van der Waals surface area contributed by atoms with Crippen LogP contribution in [0.15, 0.2) is 0 Å². The van der Waals surface area contributed by atoms with Crippen LogP contribution in [0.25, 0.3) is 0 Å². The van der Waals surface area contributed by atoms with E-state index in [-0.39, 0.29) is 13.2 Å². The van der Waals surface area contributed by atoms with Gasteiger partial charge in [0.2, 0.25) is 0 Å². The standard InChI is InChI=1S/C16H34N2O8/c17-1-3-20-5-7-22-9-11-24-13-16(26-15-19)14-25-12-10-23-8-6-21-4-2-18/h15-16H,1-14,17-18H2. The van der Waals surface area contributed by atoms with E-state index in [1.165, 1.54) is 0 Å². The highest BCUT2D eigenvalue weighted by Gasteiger charge is 2.10. The van der Waals surface area contributed by atoms with Crippen LogP contribution in [0.4, 0.5) is 0 Å². The van der Waals surface area contributed by atoms with Gasteiger partial charge in [0.25, 0.3) is 6.47 Å². The number of carbonyl (C=O) groups is 1. The van der Waals surface area contributed by atoms with Crippen molar-refractivity contribution in [2.75, 3.05) is 92.4 Å². The van der Waals surface area contributed by atoms with Crippen LogP contribution in [0.1, 0.15) is 0 Å². The fraction of sp³-hybridized carbons (Fsp3) is 0.938. The molecule has 10 nitrogen and oxygen atoms in total.